The Hall–Kier alpha value is -1.20. The average molecular weight is 244 g/mol. The van der Waals surface area contributed by atoms with Crippen molar-refractivity contribution < 1.29 is 0 Å². The Kier molecular flexibility index (Phi) is 3.82. The summed E-state index contributed by atoms with van der Waals surface area (Å²) in [6, 6.07) is 0. The Morgan fingerprint density at radius 2 is 2.28 bits per heavy atom. The molecular weight excluding hydrogens is 220 g/mol. The molecule has 18 heavy (non-hydrogen) atoms. The van der Waals surface area contributed by atoms with Gasteiger partial charge in [0.1, 0.15) is 0 Å². The smallest absolute Gasteiger partial charge is 0.0524 e. The number of rotatable bonds is 5. The average Bonchev–Trinajstić information content (AvgIpc) is 3.00. The van der Waals surface area contributed by atoms with Crippen LogP contribution in [0.15, 0.2) is 22.9 Å². The molecule has 0 aromatic heterocycles. The quantitative estimate of drug-likeness (QED) is 0.576. The minimum atomic E-state index is -0.180. The molecule has 2 aliphatic rings. The Labute approximate surface area is 111 Å². The van der Waals surface area contributed by atoms with E-state index in [9.17, 15) is 0 Å². The first-order valence-corrected chi connectivity index (χ1v) is 7.06. The van der Waals surface area contributed by atoms with Gasteiger partial charge in [-0.3, -0.25) is 0 Å². The summed E-state index contributed by atoms with van der Waals surface area (Å²) in [6.45, 7) is 7.58. The third-order valence-electron chi connectivity index (χ3n) is 3.83. The molecule has 0 saturated carbocycles. The van der Waals surface area contributed by atoms with Crippen molar-refractivity contribution in [1.29, 1.82) is 0 Å². The molecule has 0 aromatic rings. The number of hydrogen-bond acceptors (Lipinski definition) is 2. The molecule has 0 spiro atoms. The largest absolute Gasteiger partial charge is 0.387 e. The maximum absolute atomic E-state index is 6.50. The minimum absolute atomic E-state index is 0.180. The monoisotopic (exact) mass is 244 g/mol. The summed E-state index contributed by atoms with van der Waals surface area (Å²) >= 11 is 0. The van der Waals surface area contributed by atoms with Crippen molar-refractivity contribution in [2.75, 3.05) is 6.54 Å². The Balaban J connectivity index is 2.10. The molecule has 2 aliphatic carbocycles. The van der Waals surface area contributed by atoms with Gasteiger partial charge in [-0.15, -0.1) is 0 Å². The molecule has 0 heterocycles. The number of fused-ring (bicyclic) bond motifs is 1. The van der Waals surface area contributed by atoms with Crippen molar-refractivity contribution in [2.45, 2.75) is 52.0 Å². The van der Waals surface area contributed by atoms with Gasteiger partial charge >= 0.3 is 0 Å². The lowest BCUT2D eigenvalue weighted by Gasteiger charge is -2.27. The number of nitrogens with one attached hydrogen (secondary N) is 1. The van der Waals surface area contributed by atoms with Gasteiger partial charge in [0.25, 0.3) is 0 Å². The van der Waals surface area contributed by atoms with Crippen LogP contribution in [0.5, 0.6) is 0 Å². The molecule has 2 nitrogen and oxygen atoms in total. The molecule has 98 valence electrons. The summed E-state index contributed by atoms with van der Waals surface area (Å²) in [7, 11) is 0. The normalized spacial score (nSPS) is 32.4. The summed E-state index contributed by atoms with van der Waals surface area (Å²) < 4.78 is 0. The van der Waals surface area contributed by atoms with Crippen LogP contribution in [0.1, 0.15) is 46.5 Å². The predicted molar refractivity (Wildman–Crippen MR) is 76.8 cm³/mol. The van der Waals surface area contributed by atoms with Gasteiger partial charge in [0.2, 0.25) is 0 Å². The van der Waals surface area contributed by atoms with Gasteiger partial charge in [-0.25, -0.2) is 0 Å². The molecule has 0 aliphatic heterocycles. The number of unbranched alkanes of at least 4 members (excludes halogenated alkanes) is 1. The Bertz CT molecular complexity index is 443. The number of hydrogen-bond donors (Lipinski definition) is 2. The molecule has 2 atom stereocenters. The van der Waals surface area contributed by atoms with E-state index in [0.717, 1.165) is 19.4 Å². The summed E-state index contributed by atoms with van der Waals surface area (Å²) in [5, 5.41) is 3.52. The second-order valence-electron chi connectivity index (χ2n) is 5.65. The van der Waals surface area contributed by atoms with Crippen LogP contribution in [0.2, 0.25) is 0 Å². The van der Waals surface area contributed by atoms with E-state index in [-0.39, 0.29) is 5.54 Å². The van der Waals surface area contributed by atoms with E-state index >= 15 is 0 Å². The fourth-order valence-corrected chi connectivity index (χ4v) is 2.70. The maximum Gasteiger partial charge on any atom is 0.0524 e. The van der Waals surface area contributed by atoms with Crippen LogP contribution in [-0.4, -0.2) is 12.1 Å². The van der Waals surface area contributed by atoms with E-state index in [0.29, 0.717) is 5.92 Å². The molecule has 0 aromatic carbocycles. The van der Waals surface area contributed by atoms with Gasteiger partial charge in [0.15, 0.2) is 0 Å². The summed E-state index contributed by atoms with van der Waals surface area (Å²) in [5.74, 6) is 6.80. The van der Waals surface area contributed by atoms with Gasteiger partial charge in [0, 0.05) is 23.4 Å². The highest BCUT2D eigenvalue weighted by atomic mass is 15.0. The van der Waals surface area contributed by atoms with Crippen molar-refractivity contribution >= 4 is 0 Å². The highest BCUT2D eigenvalue weighted by molar-refractivity contribution is 5.57. The fraction of sp³-hybridized carbons (Fsp3) is 0.625. The number of allylic oxidation sites excluding steroid dienone is 1. The molecule has 2 unspecified atom stereocenters. The van der Waals surface area contributed by atoms with Gasteiger partial charge in [0.05, 0.1) is 5.92 Å². The molecular formula is C16H24N2. The second kappa shape index (κ2) is 5.20. The summed E-state index contributed by atoms with van der Waals surface area (Å²) in [4.78, 5) is 0. The zero-order valence-corrected chi connectivity index (χ0v) is 11.8. The maximum atomic E-state index is 6.50. The van der Waals surface area contributed by atoms with Crippen molar-refractivity contribution in [3.05, 3.63) is 22.9 Å². The number of nitrogens with two attached hydrogens (primary N) is 1. The van der Waals surface area contributed by atoms with E-state index in [2.05, 4.69) is 44.0 Å². The van der Waals surface area contributed by atoms with E-state index in [1.807, 2.05) is 0 Å². The standard InChI is InChI=1S/C16H24N2/c1-4-6-10-18-15-13-9-7-8-12(5-2)11-16(3,17)14(13)15/h8,14,18H,4-6,10-11,17H2,1-3H3/b12-8+. The van der Waals surface area contributed by atoms with Crippen LogP contribution in [0.25, 0.3) is 0 Å². The van der Waals surface area contributed by atoms with Crippen LogP contribution in [0, 0.1) is 17.8 Å². The van der Waals surface area contributed by atoms with E-state index < -0.39 is 0 Å². The van der Waals surface area contributed by atoms with Crippen LogP contribution in [-0.2, 0) is 0 Å². The van der Waals surface area contributed by atoms with Crippen LogP contribution in [0.3, 0.4) is 0 Å². The summed E-state index contributed by atoms with van der Waals surface area (Å²) in [6.07, 6.45) is 6.47. The molecule has 2 rings (SSSR count). The lowest BCUT2D eigenvalue weighted by atomic mass is 9.84. The van der Waals surface area contributed by atoms with Gasteiger partial charge < -0.3 is 11.1 Å². The van der Waals surface area contributed by atoms with E-state index in [1.165, 1.54) is 29.7 Å². The van der Waals surface area contributed by atoms with Crippen molar-refractivity contribution in [3.63, 3.8) is 0 Å². The van der Waals surface area contributed by atoms with Crippen LogP contribution < -0.4 is 11.1 Å². The first-order valence-electron chi connectivity index (χ1n) is 7.06. The topological polar surface area (TPSA) is 38.0 Å². The van der Waals surface area contributed by atoms with Crippen LogP contribution >= 0.6 is 0 Å². The van der Waals surface area contributed by atoms with Crippen molar-refractivity contribution in [3.8, 4) is 11.8 Å². The molecule has 0 amide bonds. The lowest BCUT2D eigenvalue weighted by Crippen LogP contribution is -2.42. The van der Waals surface area contributed by atoms with Gasteiger partial charge in [-0.2, -0.15) is 0 Å². The van der Waals surface area contributed by atoms with Crippen molar-refractivity contribution in [2.24, 2.45) is 11.7 Å². The van der Waals surface area contributed by atoms with Gasteiger partial charge in [-0.1, -0.05) is 37.7 Å². The third-order valence-corrected chi connectivity index (χ3v) is 3.83. The van der Waals surface area contributed by atoms with Crippen LogP contribution in [0.4, 0.5) is 0 Å². The zero-order valence-electron chi connectivity index (χ0n) is 11.8. The highest BCUT2D eigenvalue weighted by Crippen LogP contribution is 2.46. The molecule has 3 N–H and O–H groups in total. The second-order valence-corrected chi connectivity index (χ2v) is 5.65. The lowest BCUT2D eigenvalue weighted by molar-refractivity contribution is 0.405. The SMILES string of the molecule is CCCCNC1=C2C#C/C=C(\CC)CC(C)(N)C21. The Morgan fingerprint density at radius 1 is 1.50 bits per heavy atom. The van der Waals surface area contributed by atoms with E-state index in [1.54, 1.807) is 0 Å². The summed E-state index contributed by atoms with van der Waals surface area (Å²) in [5.41, 5.74) is 10.2. The fourth-order valence-electron chi connectivity index (χ4n) is 2.70. The predicted octanol–water partition coefficient (Wildman–Crippen LogP) is 2.72. The first kappa shape index (κ1) is 13.2. The first-order chi connectivity index (χ1) is 8.60. The highest BCUT2D eigenvalue weighted by Gasteiger charge is 2.47. The van der Waals surface area contributed by atoms with Crippen molar-refractivity contribution in [1.82, 2.24) is 5.32 Å². The third kappa shape index (κ3) is 2.62. The van der Waals surface area contributed by atoms with Gasteiger partial charge in [-0.05, 0) is 32.3 Å². The minimum Gasteiger partial charge on any atom is -0.387 e. The molecule has 2 heteroatoms. The molecule has 0 saturated heterocycles. The van der Waals surface area contributed by atoms with E-state index in [4.69, 9.17) is 5.73 Å². The Morgan fingerprint density at radius 3 is 2.94 bits per heavy atom. The molecule has 0 radical (unpaired) electrons. The zero-order chi connectivity index (χ0) is 13.2. The molecule has 0 bridgehead atoms. The molecule has 0 fully saturated rings.